The van der Waals surface area contributed by atoms with Gasteiger partial charge in [0.2, 0.25) is 0 Å². The molecule has 0 heterocycles. The van der Waals surface area contributed by atoms with E-state index in [9.17, 15) is 0 Å². The number of hydrogen-bond acceptors (Lipinski definition) is 1. The van der Waals surface area contributed by atoms with Gasteiger partial charge < -0.3 is 5.32 Å². The Bertz CT molecular complexity index is 617. The first-order valence-corrected chi connectivity index (χ1v) is 7.57. The third-order valence-electron chi connectivity index (χ3n) is 4.95. The van der Waals surface area contributed by atoms with Crippen LogP contribution in [0.3, 0.4) is 0 Å². The lowest BCUT2D eigenvalue weighted by atomic mass is 9.81. The van der Waals surface area contributed by atoms with Crippen molar-refractivity contribution in [3.8, 4) is 0 Å². The maximum atomic E-state index is 3.58. The fourth-order valence-corrected chi connectivity index (χ4v) is 3.65. The van der Waals surface area contributed by atoms with Gasteiger partial charge in [-0.15, -0.1) is 0 Å². The number of hydrogen-bond donors (Lipinski definition) is 1. The van der Waals surface area contributed by atoms with Gasteiger partial charge in [0, 0.05) is 0 Å². The van der Waals surface area contributed by atoms with Crippen LogP contribution in [-0.4, -0.2) is 7.05 Å². The zero-order valence-electron chi connectivity index (χ0n) is 12.6. The highest BCUT2D eigenvalue weighted by atomic mass is 14.9. The normalized spacial score (nSPS) is 24.6. The maximum absolute atomic E-state index is 3.58. The summed E-state index contributed by atoms with van der Waals surface area (Å²) in [6.07, 6.45) is 2.33. The van der Waals surface area contributed by atoms with E-state index in [-0.39, 0.29) is 5.54 Å². The van der Waals surface area contributed by atoms with E-state index in [2.05, 4.69) is 74.7 Å². The molecular weight excluding hydrogens is 242 g/mol. The van der Waals surface area contributed by atoms with Crippen LogP contribution in [0.5, 0.6) is 0 Å². The molecule has 1 aliphatic carbocycles. The summed E-state index contributed by atoms with van der Waals surface area (Å²) in [7, 11) is 2.07. The topological polar surface area (TPSA) is 12.0 Å². The van der Waals surface area contributed by atoms with Gasteiger partial charge in [-0.2, -0.15) is 0 Å². The van der Waals surface area contributed by atoms with E-state index in [0.717, 1.165) is 6.42 Å². The third kappa shape index (κ3) is 1.89. The summed E-state index contributed by atoms with van der Waals surface area (Å²) >= 11 is 0. The summed E-state index contributed by atoms with van der Waals surface area (Å²) in [5, 5.41) is 3.58. The van der Waals surface area contributed by atoms with Crippen molar-refractivity contribution in [2.75, 3.05) is 7.05 Å². The molecule has 0 unspecified atom stereocenters. The number of rotatable bonds is 2. The summed E-state index contributed by atoms with van der Waals surface area (Å²) in [5.74, 6) is 0.613. The Morgan fingerprint density at radius 1 is 1.05 bits per heavy atom. The highest BCUT2D eigenvalue weighted by molar-refractivity contribution is 5.50. The van der Waals surface area contributed by atoms with Gasteiger partial charge in [0.15, 0.2) is 0 Å². The molecule has 0 bridgehead atoms. The molecular formula is C19H23N. The standard InChI is InChI=1S/C19H23N/c1-4-14-13-15-9-5-7-11-17(15)19(2,20-3)18-12-8-6-10-16(14)18/h5-12,14,20H,4,13H2,1-3H3/t14-,19+/m0/s1. The molecule has 0 aliphatic heterocycles. The van der Waals surface area contributed by atoms with Crippen LogP contribution in [0.25, 0.3) is 0 Å². The Kier molecular flexibility index (Phi) is 3.39. The molecule has 0 saturated carbocycles. The first-order valence-electron chi connectivity index (χ1n) is 7.57. The Balaban J connectivity index is 2.31. The average molecular weight is 265 g/mol. The summed E-state index contributed by atoms with van der Waals surface area (Å²) < 4.78 is 0. The third-order valence-corrected chi connectivity index (χ3v) is 4.95. The van der Waals surface area contributed by atoms with E-state index in [1.54, 1.807) is 0 Å². The van der Waals surface area contributed by atoms with E-state index >= 15 is 0 Å². The minimum absolute atomic E-state index is 0.100. The summed E-state index contributed by atoms with van der Waals surface area (Å²) in [6, 6.07) is 17.8. The van der Waals surface area contributed by atoms with Crippen molar-refractivity contribution >= 4 is 0 Å². The zero-order valence-corrected chi connectivity index (χ0v) is 12.6. The van der Waals surface area contributed by atoms with E-state index < -0.39 is 0 Å². The Morgan fingerprint density at radius 2 is 1.70 bits per heavy atom. The fraction of sp³-hybridized carbons (Fsp3) is 0.368. The van der Waals surface area contributed by atoms with Crippen LogP contribution in [0.1, 0.15) is 48.4 Å². The SMILES string of the molecule is CC[C@H]1Cc2ccccc2[C@@](C)(NC)c2ccccc21. The quantitative estimate of drug-likeness (QED) is 0.857. The summed E-state index contributed by atoms with van der Waals surface area (Å²) in [6.45, 7) is 4.61. The molecule has 1 nitrogen and oxygen atoms in total. The first kappa shape index (κ1) is 13.4. The fourth-order valence-electron chi connectivity index (χ4n) is 3.65. The average Bonchev–Trinajstić information content (AvgIpc) is 2.62. The lowest BCUT2D eigenvalue weighted by Gasteiger charge is -2.32. The Morgan fingerprint density at radius 3 is 2.40 bits per heavy atom. The smallest absolute Gasteiger partial charge is 0.0664 e. The van der Waals surface area contributed by atoms with Gasteiger partial charge >= 0.3 is 0 Å². The van der Waals surface area contributed by atoms with Gasteiger partial charge in [0.1, 0.15) is 0 Å². The molecule has 0 amide bonds. The molecule has 0 spiro atoms. The first-order chi connectivity index (χ1) is 9.70. The summed E-state index contributed by atoms with van der Waals surface area (Å²) in [5.41, 5.74) is 5.73. The molecule has 0 aromatic heterocycles. The molecule has 1 heteroatoms. The number of fused-ring (bicyclic) bond motifs is 2. The molecule has 0 saturated heterocycles. The van der Waals surface area contributed by atoms with Crippen LogP contribution < -0.4 is 5.32 Å². The number of benzene rings is 2. The predicted molar refractivity (Wildman–Crippen MR) is 85.1 cm³/mol. The largest absolute Gasteiger partial charge is 0.307 e. The van der Waals surface area contributed by atoms with Gasteiger partial charge in [-0.1, -0.05) is 55.5 Å². The van der Waals surface area contributed by atoms with E-state index in [1.807, 2.05) is 0 Å². The van der Waals surface area contributed by atoms with Crippen molar-refractivity contribution in [1.82, 2.24) is 5.32 Å². The molecule has 0 fully saturated rings. The Labute approximate surface area is 122 Å². The van der Waals surface area contributed by atoms with Crippen molar-refractivity contribution in [3.05, 3.63) is 70.8 Å². The van der Waals surface area contributed by atoms with Crippen LogP contribution in [0.4, 0.5) is 0 Å². The second kappa shape index (κ2) is 5.06. The molecule has 3 rings (SSSR count). The molecule has 0 radical (unpaired) electrons. The van der Waals surface area contributed by atoms with Gasteiger partial charge in [-0.05, 0) is 55.0 Å². The van der Waals surface area contributed by atoms with Crippen molar-refractivity contribution in [3.63, 3.8) is 0 Å². The van der Waals surface area contributed by atoms with Crippen molar-refractivity contribution in [2.45, 2.75) is 38.1 Å². The Hall–Kier alpha value is -1.60. The van der Waals surface area contributed by atoms with Crippen molar-refractivity contribution in [1.29, 1.82) is 0 Å². The molecule has 1 aliphatic rings. The molecule has 104 valence electrons. The monoisotopic (exact) mass is 265 g/mol. The lowest BCUT2D eigenvalue weighted by Crippen LogP contribution is -2.38. The molecule has 20 heavy (non-hydrogen) atoms. The lowest BCUT2D eigenvalue weighted by molar-refractivity contribution is 0.481. The van der Waals surface area contributed by atoms with Crippen LogP contribution >= 0.6 is 0 Å². The van der Waals surface area contributed by atoms with Crippen LogP contribution in [0.15, 0.2) is 48.5 Å². The van der Waals surface area contributed by atoms with Crippen LogP contribution in [0, 0.1) is 0 Å². The molecule has 2 aromatic carbocycles. The van der Waals surface area contributed by atoms with Crippen LogP contribution in [-0.2, 0) is 12.0 Å². The van der Waals surface area contributed by atoms with Crippen LogP contribution in [0.2, 0.25) is 0 Å². The van der Waals surface area contributed by atoms with E-state index in [1.165, 1.54) is 28.7 Å². The van der Waals surface area contributed by atoms with Gasteiger partial charge in [-0.3, -0.25) is 0 Å². The van der Waals surface area contributed by atoms with E-state index in [0.29, 0.717) is 5.92 Å². The van der Waals surface area contributed by atoms with Crippen molar-refractivity contribution in [2.24, 2.45) is 0 Å². The van der Waals surface area contributed by atoms with Crippen molar-refractivity contribution < 1.29 is 0 Å². The predicted octanol–water partition coefficient (Wildman–Crippen LogP) is 4.22. The minimum atomic E-state index is -0.100. The molecule has 2 aromatic rings. The maximum Gasteiger partial charge on any atom is 0.0664 e. The summed E-state index contributed by atoms with van der Waals surface area (Å²) in [4.78, 5) is 0. The van der Waals surface area contributed by atoms with Gasteiger partial charge in [0.25, 0.3) is 0 Å². The van der Waals surface area contributed by atoms with Gasteiger partial charge in [-0.25, -0.2) is 0 Å². The highest BCUT2D eigenvalue weighted by Gasteiger charge is 2.35. The van der Waals surface area contributed by atoms with Gasteiger partial charge in [0.05, 0.1) is 5.54 Å². The molecule has 2 atom stereocenters. The zero-order chi connectivity index (χ0) is 14.2. The molecule has 1 N–H and O–H groups in total. The second-order valence-electron chi connectivity index (χ2n) is 5.93. The van der Waals surface area contributed by atoms with E-state index in [4.69, 9.17) is 0 Å². The second-order valence-corrected chi connectivity index (χ2v) is 5.93. The number of nitrogens with one attached hydrogen (secondary N) is 1. The minimum Gasteiger partial charge on any atom is -0.307 e. The highest BCUT2D eigenvalue weighted by Crippen LogP contribution is 2.42.